The highest BCUT2D eigenvalue weighted by Gasteiger charge is 2.40. The van der Waals surface area contributed by atoms with Gasteiger partial charge in [-0.05, 0) is 75.0 Å². The van der Waals surface area contributed by atoms with Crippen LogP contribution in [0.5, 0.6) is 0 Å². The highest BCUT2D eigenvalue weighted by atomic mass is 16.5. The molecule has 2 aliphatic carbocycles. The van der Waals surface area contributed by atoms with Gasteiger partial charge in [-0.3, -0.25) is 0 Å². The molecule has 2 aliphatic rings. The van der Waals surface area contributed by atoms with Crippen molar-refractivity contribution in [2.75, 3.05) is 26.4 Å². The zero-order valence-electron chi connectivity index (χ0n) is 15.7. The van der Waals surface area contributed by atoms with E-state index in [4.69, 9.17) is 19.7 Å². The summed E-state index contributed by atoms with van der Waals surface area (Å²) in [7, 11) is 0. The molecular formula is C20H38O4. The van der Waals surface area contributed by atoms with E-state index in [1.54, 1.807) is 0 Å². The minimum Gasteiger partial charge on any atom is -0.396 e. The van der Waals surface area contributed by atoms with Crippen molar-refractivity contribution in [2.24, 2.45) is 17.3 Å². The van der Waals surface area contributed by atoms with Gasteiger partial charge in [0.1, 0.15) is 0 Å². The molecule has 0 aromatic carbocycles. The fraction of sp³-hybridized carbons (Fsp3) is 1.00. The van der Waals surface area contributed by atoms with Crippen molar-refractivity contribution in [3.05, 3.63) is 0 Å². The molecule has 0 heterocycles. The van der Waals surface area contributed by atoms with Crippen molar-refractivity contribution in [1.82, 2.24) is 0 Å². The molecule has 0 spiro atoms. The summed E-state index contributed by atoms with van der Waals surface area (Å²) in [6.45, 7) is 6.50. The third-order valence-corrected chi connectivity index (χ3v) is 6.55. The molecule has 0 aromatic heterocycles. The van der Waals surface area contributed by atoms with Crippen LogP contribution in [-0.4, -0.2) is 48.8 Å². The lowest BCUT2D eigenvalue weighted by Gasteiger charge is -2.46. The summed E-state index contributed by atoms with van der Waals surface area (Å²) >= 11 is 0. The summed E-state index contributed by atoms with van der Waals surface area (Å²) in [5.74, 6) is 1.60. The summed E-state index contributed by atoms with van der Waals surface area (Å²) in [6.07, 6.45) is 11.2. The first-order valence-electron chi connectivity index (χ1n) is 10.0. The largest absolute Gasteiger partial charge is 0.396 e. The molecule has 0 unspecified atom stereocenters. The van der Waals surface area contributed by atoms with Crippen molar-refractivity contribution in [3.63, 3.8) is 0 Å². The molecule has 24 heavy (non-hydrogen) atoms. The predicted molar refractivity (Wildman–Crippen MR) is 96.0 cm³/mol. The van der Waals surface area contributed by atoms with Crippen molar-refractivity contribution >= 4 is 0 Å². The maximum atomic E-state index is 8.89. The second kappa shape index (κ2) is 10.1. The number of aliphatic hydroxyl groups excluding tert-OH is 2. The Labute approximate surface area is 147 Å². The monoisotopic (exact) mass is 342 g/mol. The second-order valence-corrected chi connectivity index (χ2v) is 8.31. The van der Waals surface area contributed by atoms with Crippen molar-refractivity contribution in [2.45, 2.75) is 83.8 Å². The molecule has 0 saturated heterocycles. The van der Waals surface area contributed by atoms with Gasteiger partial charge in [0.25, 0.3) is 0 Å². The van der Waals surface area contributed by atoms with Crippen LogP contribution in [0.4, 0.5) is 0 Å². The Morgan fingerprint density at radius 2 is 1.17 bits per heavy atom. The van der Waals surface area contributed by atoms with E-state index in [1.165, 1.54) is 38.5 Å². The average Bonchev–Trinajstić information content (AvgIpc) is 2.61. The maximum Gasteiger partial charge on any atom is 0.0701 e. The minimum absolute atomic E-state index is 0.134. The SMILES string of the molecule is CC(C)(C1CCC(OCCO)CC1)C1CCC(OCCCO)CC1. The topological polar surface area (TPSA) is 58.9 Å². The number of rotatable bonds is 9. The van der Waals surface area contributed by atoms with E-state index in [0.29, 0.717) is 30.8 Å². The van der Waals surface area contributed by atoms with E-state index < -0.39 is 0 Å². The Bertz CT molecular complexity index is 329. The van der Waals surface area contributed by atoms with Gasteiger partial charge in [-0.25, -0.2) is 0 Å². The van der Waals surface area contributed by atoms with E-state index in [9.17, 15) is 0 Å². The summed E-state index contributed by atoms with van der Waals surface area (Å²) in [5.41, 5.74) is 0.401. The standard InChI is InChI=1S/C20H38O4/c1-20(2,17-6-10-19(11-7-17)24-15-13-22)16-4-8-18(9-5-16)23-14-3-12-21/h16-19,21-22H,3-15H2,1-2H3. The summed E-state index contributed by atoms with van der Waals surface area (Å²) < 4.78 is 11.6. The molecule has 0 atom stereocenters. The van der Waals surface area contributed by atoms with Gasteiger partial charge in [-0.2, -0.15) is 0 Å². The molecule has 2 N–H and O–H groups in total. The van der Waals surface area contributed by atoms with Gasteiger partial charge in [-0.1, -0.05) is 13.8 Å². The summed E-state index contributed by atoms with van der Waals surface area (Å²) in [5, 5.41) is 17.7. The van der Waals surface area contributed by atoms with Crippen LogP contribution in [0.3, 0.4) is 0 Å². The van der Waals surface area contributed by atoms with Gasteiger partial charge in [0.2, 0.25) is 0 Å². The Hall–Kier alpha value is -0.160. The first-order valence-corrected chi connectivity index (χ1v) is 10.0. The van der Waals surface area contributed by atoms with Crippen LogP contribution in [-0.2, 0) is 9.47 Å². The van der Waals surface area contributed by atoms with E-state index in [-0.39, 0.29) is 13.2 Å². The molecule has 0 aromatic rings. The van der Waals surface area contributed by atoms with Crippen LogP contribution >= 0.6 is 0 Å². The van der Waals surface area contributed by atoms with Gasteiger partial charge in [0.15, 0.2) is 0 Å². The lowest BCUT2D eigenvalue weighted by molar-refractivity contribution is -0.0407. The number of hydrogen-bond donors (Lipinski definition) is 2. The average molecular weight is 343 g/mol. The van der Waals surface area contributed by atoms with Crippen molar-refractivity contribution in [3.8, 4) is 0 Å². The van der Waals surface area contributed by atoms with Crippen LogP contribution in [0.15, 0.2) is 0 Å². The van der Waals surface area contributed by atoms with Crippen molar-refractivity contribution < 1.29 is 19.7 Å². The van der Waals surface area contributed by atoms with Crippen LogP contribution in [0.2, 0.25) is 0 Å². The van der Waals surface area contributed by atoms with E-state index in [1.807, 2.05) is 0 Å². The molecule has 0 aliphatic heterocycles. The van der Waals surface area contributed by atoms with Gasteiger partial charge in [-0.15, -0.1) is 0 Å². The summed E-state index contributed by atoms with van der Waals surface area (Å²) in [6, 6.07) is 0. The predicted octanol–water partition coefficient (Wildman–Crippen LogP) is 3.54. The molecule has 2 saturated carbocycles. The lowest BCUT2D eigenvalue weighted by Crippen LogP contribution is -2.39. The Morgan fingerprint density at radius 1 is 0.708 bits per heavy atom. The lowest BCUT2D eigenvalue weighted by atomic mass is 9.60. The zero-order valence-corrected chi connectivity index (χ0v) is 15.7. The first-order chi connectivity index (χ1) is 11.6. The van der Waals surface area contributed by atoms with E-state index >= 15 is 0 Å². The fourth-order valence-electron chi connectivity index (χ4n) is 4.81. The molecule has 2 rings (SSSR count). The highest BCUT2D eigenvalue weighted by Crippen LogP contribution is 2.48. The van der Waals surface area contributed by atoms with Crippen LogP contribution in [0.1, 0.15) is 71.6 Å². The molecule has 0 radical (unpaired) electrons. The third kappa shape index (κ3) is 5.69. The second-order valence-electron chi connectivity index (χ2n) is 8.31. The Kier molecular flexibility index (Phi) is 8.48. The minimum atomic E-state index is 0.134. The smallest absolute Gasteiger partial charge is 0.0701 e. The number of aliphatic hydroxyl groups is 2. The molecule has 2 fully saturated rings. The van der Waals surface area contributed by atoms with Gasteiger partial charge >= 0.3 is 0 Å². The van der Waals surface area contributed by atoms with Crippen LogP contribution in [0.25, 0.3) is 0 Å². The zero-order chi connectivity index (χ0) is 17.4. The highest BCUT2D eigenvalue weighted by molar-refractivity contribution is 4.91. The Balaban J connectivity index is 1.73. The normalized spacial score (nSPS) is 32.0. The maximum absolute atomic E-state index is 8.89. The summed E-state index contributed by atoms with van der Waals surface area (Å²) in [4.78, 5) is 0. The van der Waals surface area contributed by atoms with Crippen LogP contribution in [0, 0.1) is 17.3 Å². The molecule has 142 valence electrons. The van der Waals surface area contributed by atoms with Crippen molar-refractivity contribution in [1.29, 1.82) is 0 Å². The van der Waals surface area contributed by atoms with Gasteiger partial charge in [0.05, 0.1) is 25.4 Å². The first kappa shape index (κ1) is 20.2. The Morgan fingerprint density at radius 3 is 1.58 bits per heavy atom. The number of hydrogen-bond acceptors (Lipinski definition) is 4. The van der Waals surface area contributed by atoms with Crippen LogP contribution < -0.4 is 0 Å². The van der Waals surface area contributed by atoms with Gasteiger partial charge < -0.3 is 19.7 Å². The molecule has 4 heteroatoms. The van der Waals surface area contributed by atoms with E-state index in [0.717, 1.165) is 31.1 Å². The molecule has 0 bridgehead atoms. The fourth-order valence-corrected chi connectivity index (χ4v) is 4.81. The van der Waals surface area contributed by atoms with E-state index in [2.05, 4.69) is 13.8 Å². The van der Waals surface area contributed by atoms with Gasteiger partial charge in [0, 0.05) is 13.2 Å². The molecular weight excluding hydrogens is 304 g/mol. The number of ether oxygens (including phenoxy) is 2. The third-order valence-electron chi connectivity index (χ3n) is 6.55. The molecule has 0 amide bonds. The quantitative estimate of drug-likeness (QED) is 0.629. The molecule has 4 nitrogen and oxygen atoms in total.